The summed E-state index contributed by atoms with van der Waals surface area (Å²) in [5.74, 6) is 3.46. The van der Waals surface area contributed by atoms with Crippen molar-refractivity contribution in [1.29, 1.82) is 0 Å². The Kier molecular flexibility index (Phi) is 5.13. The molecular weight excluding hydrogens is 645 g/mol. The molecule has 0 saturated heterocycles. The molecular formula is C49H28BNO2. The summed E-state index contributed by atoms with van der Waals surface area (Å²) in [6.07, 6.45) is 0. The zero-order valence-corrected chi connectivity index (χ0v) is 28.5. The van der Waals surface area contributed by atoms with E-state index in [0.717, 1.165) is 45.2 Å². The van der Waals surface area contributed by atoms with Crippen molar-refractivity contribution in [2.45, 2.75) is 5.41 Å². The number of hydrogen-bond donors (Lipinski definition) is 0. The average molecular weight is 674 g/mol. The molecule has 244 valence electrons. The summed E-state index contributed by atoms with van der Waals surface area (Å²) in [4.78, 5) is 0. The number of ether oxygens (including phenoxy) is 2. The van der Waals surface area contributed by atoms with Crippen LogP contribution in [0.25, 0.3) is 49.7 Å². The van der Waals surface area contributed by atoms with Crippen LogP contribution in [-0.2, 0) is 5.41 Å². The van der Waals surface area contributed by atoms with Gasteiger partial charge in [0.1, 0.15) is 23.0 Å². The highest BCUT2D eigenvalue weighted by atomic mass is 16.5. The van der Waals surface area contributed by atoms with Crippen molar-refractivity contribution < 1.29 is 9.47 Å². The van der Waals surface area contributed by atoms with E-state index in [4.69, 9.17) is 9.47 Å². The van der Waals surface area contributed by atoms with Crippen LogP contribution in [0.1, 0.15) is 22.3 Å². The lowest BCUT2D eigenvalue weighted by Crippen LogP contribution is -2.57. The van der Waals surface area contributed by atoms with Crippen molar-refractivity contribution in [2.24, 2.45) is 0 Å². The molecule has 0 N–H and O–H groups in total. The minimum absolute atomic E-state index is 0.0336. The minimum Gasteiger partial charge on any atom is -0.458 e. The molecule has 4 aliphatic rings. The van der Waals surface area contributed by atoms with E-state index >= 15 is 0 Å². The Labute approximate surface area is 306 Å². The number of nitrogens with zero attached hydrogens (tertiary/aromatic N) is 1. The molecule has 0 amide bonds. The topological polar surface area (TPSA) is 23.4 Å². The lowest BCUT2D eigenvalue weighted by Gasteiger charge is -2.33. The molecule has 0 atom stereocenters. The van der Waals surface area contributed by atoms with Gasteiger partial charge in [0.05, 0.1) is 22.1 Å². The van der Waals surface area contributed by atoms with E-state index in [1.165, 1.54) is 66.2 Å². The van der Waals surface area contributed by atoms with Gasteiger partial charge in [-0.05, 0) is 79.7 Å². The van der Waals surface area contributed by atoms with Crippen LogP contribution in [0.3, 0.4) is 0 Å². The predicted octanol–water partition coefficient (Wildman–Crippen LogP) is 9.85. The third kappa shape index (κ3) is 3.29. The number of fused-ring (bicyclic) bond motifs is 18. The first-order valence-electron chi connectivity index (χ1n) is 18.4. The second-order valence-corrected chi connectivity index (χ2v) is 14.7. The van der Waals surface area contributed by atoms with Gasteiger partial charge in [-0.15, -0.1) is 0 Å². The maximum Gasteiger partial charge on any atom is 0.260 e. The summed E-state index contributed by atoms with van der Waals surface area (Å²) >= 11 is 0. The van der Waals surface area contributed by atoms with Crippen molar-refractivity contribution in [3.63, 3.8) is 0 Å². The molecule has 3 nitrogen and oxygen atoms in total. The minimum atomic E-state index is -0.456. The zero-order chi connectivity index (χ0) is 34.4. The molecule has 4 heteroatoms. The van der Waals surface area contributed by atoms with E-state index in [1.54, 1.807) is 0 Å². The first-order chi connectivity index (χ1) is 26.3. The maximum atomic E-state index is 6.78. The van der Waals surface area contributed by atoms with Gasteiger partial charge in [0.2, 0.25) is 0 Å². The van der Waals surface area contributed by atoms with Crippen molar-refractivity contribution in [2.75, 3.05) is 0 Å². The molecule has 0 fully saturated rings. The fraction of sp³-hybridized carbons (Fsp3) is 0.0204. The summed E-state index contributed by atoms with van der Waals surface area (Å²) in [7, 11) is 0. The first-order valence-corrected chi connectivity index (χ1v) is 18.4. The van der Waals surface area contributed by atoms with Crippen molar-refractivity contribution in [3.8, 4) is 50.9 Å². The fourth-order valence-corrected chi connectivity index (χ4v) is 10.4. The molecule has 1 spiro atoms. The van der Waals surface area contributed by atoms with E-state index in [9.17, 15) is 0 Å². The Morgan fingerprint density at radius 3 is 1.57 bits per heavy atom. The van der Waals surface area contributed by atoms with E-state index in [1.807, 2.05) is 0 Å². The van der Waals surface area contributed by atoms with Crippen LogP contribution in [0.15, 0.2) is 170 Å². The van der Waals surface area contributed by atoms with Gasteiger partial charge in [0.25, 0.3) is 6.71 Å². The molecule has 0 unspecified atom stereocenters. The van der Waals surface area contributed by atoms with Gasteiger partial charge in [-0.3, -0.25) is 0 Å². The van der Waals surface area contributed by atoms with Gasteiger partial charge in [0, 0.05) is 28.4 Å². The number of rotatable bonds is 1. The standard InChI is InChI=1S/C49H28BNO2/c1-5-17-35-30(13-1)31-14-2-6-18-36(31)49(35)37-19-7-3-15-32(37)33-25-26-41-46(47(33)49)34-16-4-10-22-40(34)51(41)29-27-44-48-45(28-29)53-43-24-12-9-21-39(43)50(48)38-20-8-11-23-42(38)52-44/h1-28H. The second kappa shape index (κ2) is 9.75. The van der Waals surface area contributed by atoms with Crippen LogP contribution in [0.5, 0.6) is 23.0 Å². The fourth-order valence-electron chi connectivity index (χ4n) is 10.4. The first kappa shape index (κ1) is 27.9. The zero-order valence-electron chi connectivity index (χ0n) is 28.5. The summed E-state index contributed by atoms with van der Waals surface area (Å²) < 4.78 is 16.0. The van der Waals surface area contributed by atoms with Gasteiger partial charge in [-0.2, -0.15) is 0 Å². The van der Waals surface area contributed by atoms with Gasteiger partial charge < -0.3 is 14.0 Å². The second-order valence-electron chi connectivity index (χ2n) is 14.7. The summed E-state index contributed by atoms with van der Waals surface area (Å²) in [5, 5.41) is 2.51. The van der Waals surface area contributed by atoms with Gasteiger partial charge in [-0.1, -0.05) is 133 Å². The maximum absolute atomic E-state index is 6.78. The van der Waals surface area contributed by atoms with Crippen LogP contribution >= 0.6 is 0 Å². The molecule has 1 aromatic heterocycles. The van der Waals surface area contributed by atoms with Crippen LogP contribution in [0.4, 0.5) is 0 Å². The van der Waals surface area contributed by atoms with Crippen molar-refractivity contribution in [3.05, 3.63) is 192 Å². The van der Waals surface area contributed by atoms with E-state index in [0.29, 0.717) is 0 Å². The SMILES string of the molecule is c1ccc2c(c1)Oc1cc(-n3c4ccccc4c4c5c(ccc43)-c3ccccc3C53c4ccccc4-c4ccccc43)cc3c1B2c1ccccc1O3. The third-order valence-corrected chi connectivity index (χ3v) is 12.3. The van der Waals surface area contributed by atoms with Crippen LogP contribution in [0.2, 0.25) is 0 Å². The Bertz CT molecular complexity index is 2970. The molecule has 53 heavy (non-hydrogen) atoms. The summed E-state index contributed by atoms with van der Waals surface area (Å²) in [6.45, 7) is 0.0336. The predicted molar refractivity (Wildman–Crippen MR) is 215 cm³/mol. The van der Waals surface area contributed by atoms with Crippen molar-refractivity contribution in [1.82, 2.24) is 4.57 Å². The molecule has 0 saturated carbocycles. The normalized spacial score (nSPS) is 14.5. The van der Waals surface area contributed by atoms with E-state index < -0.39 is 5.41 Å². The Balaban J connectivity index is 1.14. The largest absolute Gasteiger partial charge is 0.458 e. The quantitative estimate of drug-likeness (QED) is 0.162. The molecule has 8 aromatic carbocycles. The van der Waals surface area contributed by atoms with E-state index in [2.05, 4.69) is 174 Å². The van der Waals surface area contributed by atoms with Gasteiger partial charge >= 0.3 is 0 Å². The Morgan fingerprint density at radius 2 is 0.943 bits per heavy atom. The number of aromatic nitrogens is 1. The van der Waals surface area contributed by atoms with Crippen LogP contribution in [-0.4, -0.2) is 11.3 Å². The smallest absolute Gasteiger partial charge is 0.260 e. The Hall–Kier alpha value is -6.78. The number of para-hydroxylation sites is 3. The van der Waals surface area contributed by atoms with Gasteiger partial charge in [-0.25, -0.2) is 0 Å². The highest BCUT2D eigenvalue weighted by Crippen LogP contribution is 2.64. The van der Waals surface area contributed by atoms with Gasteiger partial charge in [0.15, 0.2) is 0 Å². The highest BCUT2D eigenvalue weighted by Gasteiger charge is 2.53. The number of benzene rings is 8. The molecule has 0 bridgehead atoms. The van der Waals surface area contributed by atoms with E-state index in [-0.39, 0.29) is 6.71 Å². The molecule has 0 radical (unpaired) electrons. The number of hydrogen-bond acceptors (Lipinski definition) is 2. The molecule has 9 aromatic rings. The molecule has 13 rings (SSSR count). The monoisotopic (exact) mass is 673 g/mol. The molecule has 2 aliphatic carbocycles. The highest BCUT2D eigenvalue weighted by molar-refractivity contribution is 6.98. The summed E-state index contributed by atoms with van der Waals surface area (Å²) in [5.41, 5.74) is 16.9. The summed E-state index contributed by atoms with van der Waals surface area (Å²) in [6, 6.07) is 62.0. The lowest BCUT2D eigenvalue weighted by atomic mass is 9.35. The third-order valence-electron chi connectivity index (χ3n) is 12.3. The van der Waals surface area contributed by atoms with Crippen LogP contribution < -0.4 is 25.9 Å². The lowest BCUT2D eigenvalue weighted by molar-refractivity contribution is 0.464. The van der Waals surface area contributed by atoms with Crippen LogP contribution in [0, 0.1) is 0 Å². The molecule has 3 heterocycles. The van der Waals surface area contributed by atoms with Crippen molar-refractivity contribution >= 4 is 44.9 Å². The average Bonchev–Trinajstić information content (AvgIpc) is 3.82. The molecule has 2 aliphatic heterocycles. The Morgan fingerprint density at radius 1 is 0.434 bits per heavy atom.